The molecule has 0 fully saturated rings. The number of fused-ring (bicyclic) bond motifs is 1. The molecule has 0 aliphatic heterocycles. The Bertz CT molecular complexity index is 841. The van der Waals surface area contributed by atoms with E-state index in [0.29, 0.717) is 29.7 Å². The van der Waals surface area contributed by atoms with Crippen LogP contribution in [-0.2, 0) is 9.59 Å². The van der Waals surface area contributed by atoms with E-state index in [9.17, 15) is 14.7 Å². The van der Waals surface area contributed by atoms with E-state index in [1.165, 1.54) is 22.9 Å². The molecule has 0 amide bonds. The van der Waals surface area contributed by atoms with Gasteiger partial charge in [-0.1, -0.05) is 36.5 Å². The molecule has 0 spiro atoms. The molecule has 25 heavy (non-hydrogen) atoms. The summed E-state index contributed by atoms with van der Waals surface area (Å²) in [6.07, 6.45) is 15.8. The second kappa shape index (κ2) is 5.42. The average Bonchev–Trinajstić information content (AvgIpc) is 2.65. The van der Waals surface area contributed by atoms with E-state index in [1.807, 2.05) is 6.26 Å². The van der Waals surface area contributed by atoms with E-state index >= 15 is 0 Å². The van der Waals surface area contributed by atoms with Gasteiger partial charge in [-0.3, -0.25) is 9.59 Å². The molecule has 0 bridgehead atoms. The molecule has 0 radical (unpaired) electrons. The van der Waals surface area contributed by atoms with Crippen LogP contribution < -0.4 is 0 Å². The number of carbonyl (C=O) groups is 2. The van der Waals surface area contributed by atoms with Gasteiger partial charge in [0.1, 0.15) is 6.10 Å². The summed E-state index contributed by atoms with van der Waals surface area (Å²) in [7, 11) is 0. The molecule has 3 nitrogen and oxygen atoms in total. The quantitative estimate of drug-likeness (QED) is 0.582. The number of hydrogen-bond acceptors (Lipinski definition) is 4. The fourth-order valence-electron chi connectivity index (χ4n) is 5.46. The Morgan fingerprint density at radius 2 is 1.92 bits per heavy atom. The molecule has 5 unspecified atom stereocenters. The van der Waals surface area contributed by atoms with Gasteiger partial charge >= 0.3 is 0 Å². The van der Waals surface area contributed by atoms with Crippen molar-refractivity contribution < 1.29 is 14.7 Å². The Kier molecular flexibility index (Phi) is 3.38. The van der Waals surface area contributed by atoms with Gasteiger partial charge < -0.3 is 5.11 Å². The van der Waals surface area contributed by atoms with Crippen molar-refractivity contribution in [2.75, 3.05) is 6.26 Å². The van der Waals surface area contributed by atoms with Crippen molar-refractivity contribution in [1.29, 1.82) is 0 Å². The monoisotopic (exact) mass is 352 g/mol. The van der Waals surface area contributed by atoms with Crippen LogP contribution in [-0.4, -0.2) is 34.3 Å². The van der Waals surface area contributed by atoms with Crippen LogP contribution in [0.2, 0.25) is 0 Å². The van der Waals surface area contributed by atoms with Gasteiger partial charge in [0.15, 0.2) is 0 Å². The molecular weight excluding hydrogens is 332 g/mol. The summed E-state index contributed by atoms with van der Waals surface area (Å²) in [4.78, 5) is 24.8. The fraction of sp³-hybridized carbons (Fsp3) is 0.429. The van der Waals surface area contributed by atoms with Gasteiger partial charge in [0.2, 0.25) is 11.6 Å². The number of rotatable bonds is 1. The van der Waals surface area contributed by atoms with E-state index in [2.05, 4.69) is 36.5 Å². The maximum Gasteiger partial charge on any atom is 0.232 e. The summed E-state index contributed by atoms with van der Waals surface area (Å²) in [6, 6.07) is 0. The van der Waals surface area contributed by atoms with E-state index in [0.717, 1.165) is 12.0 Å². The summed E-state index contributed by atoms with van der Waals surface area (Å²) >= 11 is 1.48. The minimum Gasteiger partial charge on any atom is -0.383 e. The predicted octanol–water partition coefficient (Wildman–Crippen LogP) is 2.79. The molecule has 128 valence electrons. The second-order valence-corrected chi connectivity index (χ2v) is 8.56. The van der Waals surface area contributed by atoms with E-state index < -0.39 is 17.7 Å². The van der Waals surface area contributed by atoms with Crippen LogP contribution in [0, 0.1) is 23.7 Å². The third-order valence-electron chi connectivity index (χ3n) is 6.50. The number of carbonyl (C=O) groups excluding carboxylic acids is 2. The van der Waals surface area contributed by atoms with Crippen molar-refractivity contribution in [2.45, 2.75) is 24.2 Å². The fourth-order valence-corrected chi connectivity index (χ4v) is 6.35. The first kappa shape index (κ1) is 15.6. The summed E-state index contributed by atoms with van der Waals surface area (Å²) in [5.74, 6) is 0.504. The van der Waals surface area contributed by atoms with E-state index in [-0.39, 0.29) is 11.2 Å². The van der Waals surface area contributed by atoms with Gasteiger partial charge in [-0.2, -0.15) is 11.8 Å². The number of Topliss-reactive ketones (excluding diaryl/α,β-unsaturated/α-hetero) is 2. The van der Waals surface area contributed by atoms with E-state index in [4.69, 9.17) is 0 Å². The Balaban J connectivity index is 1.73. The average molecular weight is 352 g/mol. The zero-order valence-electron chi connectivity index (χ0n) is 14.0. The van der Waals surface area contributed by atoms with E-state index in [1.54, 1.807) is 0 Å². The smallest absolute Gasteiger partial charge is 0.232 e. The Morgan fingerprint density at radius 1 is 1.12 bits per heavy atom. The number of aliphatic hydroxyl groups is 1. The number of allylic oxidation sites excluding steroid dienone is 9. The number of hydrogen-bond donors (Lipinski definition) is 1. The SMILES string of the molecule is CSC1C2=C(C[C@@H]3C=CC4CC=CC5=CC=C2C3C54)C(=O)C(=O)C1O. The number of aliphatic hydroxyl groups excluding tert-OH is 1. The molecule has 4 heteroatoms. The predicted molar refractivity (Wildman–Crippen MR) is 98.0 cm³/mol. The Hall–Kier alpha value is -1.65. The lowest BCUT2D eigenvalue weighted by atomic mass is 9.55. The number of thioether (sulfide) groups is 1. The molecule has 0 heterocycles. The largest absolute Gasteiger partial charge is 0.383 e. The highest BCUT2D eigenvalue weighted by molar-refractivity contribution is 7.99. The van der Waals surface area contributed by atoms with Crippen LogP contribution in [0.25, 0.3) is 0 Å². The Labute approximate surface area is 151 Å². The molecule has 6 atom stereocenters. The maximum absolute atomic E-state index is 12.6. The molecule has 1 N–H and O–H groups in total. The van der Waals surface area contributed by atoms with Gasteiger partial charge in [-0.15, -0.1) is 0 Å². The highest BCUT2D eigenvalue weighted by atomic mass is 32.2. The molecule has 5 rings (SSSR count). The highest BCUT2D eigenvalue weighted by Gasteiger charge is 2.51. The summed E-state index contributed by atoms with van der Waals surface area (Å²) in [5.41, 5.74) is 4.16. The first-order valence-electron chi connectivity index (χ1n) is 8.91. The summed E-state index contributed by atoms with van der Waals surface area (Å²) in [5, 5.41) is 10.1. The van der Waals surface area contributed by atoms with Gasteiger partial charge in [0.25, 0.3) is 0 Å². The third kappa shape index (κ3) is 1.98. The topological polar surface area (TPSA) is 54.4 Å². The first-order chi connectivity index (χ1) is 12.1. The summed E-state index contributed by atoms with van der Waals surface area (Å²) < 4.78 is 0. The number of ketones is 2. The minimum absolute atomic E-state index is 0.274. The van der Waals surface area contributed by atoms with Crippen LogP contribution in [0.15, 0.2) is 58.7 Å². The zero-order chi connectivity index (χ0) is 17.3. The first-order valence-corrected chi connectivity index (χ1v) is 10.2. The van der Waals surface area contributed by atoms with Gasteiger partial charge in [-0.25, -0.2) is 0 Å². The lowest BCUT2D eigenvalue weighted by Crippen LogP contribution is -2.49. The van der Waals surface area contributed by atoms with Crippen LogP contribution in [0.4, 0.5) is 0 Å². The zero-order valence-corrected chi connectivity index (χ0v) is 14.8. The van der Waals surface area contributed by atoms with Crippen LogP contribution in [0.5, 0.6) is 0 Å². The van der Waals surface area contributed by atoms with Crippen molar-refractivity contribution in [3.8, 4) is 0 Å². The van der Waals surface area contributed by atoms with Crippen molar-refractivity contribution >= 4 is 23.3 Å². The van der Waals surface area contributed by atoms with Gasteiger partial charge in [0.05, 0.1) is 5.25 Å². The standard InChI is InChI=1S/C21H20O3S/c1-25-21-17-13-8-7-11-4-2-3-10-5-6-12(16(13)15(10)11)9-14(17)18(22)19(23)20(21)24/h2,4-8,10,12,15-16,20-21,24H,3,9H2,1H3/t10?,12-,15?,16?,20?,21?/m0/s1. The lowest BCUT2D eigenvalue weighted by molar-refractivity contribution is -0.140. The normalized spacial score (nSPS) is 41.2. The van der Waals surface area contributed by atoms with Crippen LogP contribution in [0.1, 0.15) is 12.8 Å². The van der Waals surface area contributed by atoms with Gasteiger partial charge in [0, 0.05) is 5.57 Å². The van der Waals surface area contributed by atoms with Crippen molar-refractivity contribution in [3.63, 3.8) is 0 Å². The third-order valence-corrected chi connectivity index (χ3v) is 7.50. The van der Waals surface area contributed by atoms with Crippen LogP contribution >= 0.6 is 11.8 Å². The molecule has 0 aromatic rings. The molecule has 0 saturated heterocycles. The van der Waals surface area contributed by atoms with Crippen LogP contribution in [0.3, 0.4) is 0 Å². The lowest BCUT2D eigenvalue weighted by Gasteiger charge is -2.50. The van der Waals surface area contributed by atoms with Crippen molar-refractivity contribution in [3.05, 3.63) is 58.7 Å². The molecule has 0 aromatic heterocycles. The Morgan fingerprint density at radius 3 is 2.72 bits per heavy atom. The molecule has 0 aromatic carbocycles. The molecule has 5 aliphatic rings. The summed E-state index contributed by atoms with van der Waals surface area (Å²) in [6.45, 7) is 0. The maximum atomic E-state index is 12.6. The second-order valence-electron chi connectivity index (χ2n) is 7.58. The minimum atomic E-state index is -1.22. The van der Waals surface area contributed by atoms with Crippen molar-refractivity contribution in [1.82, 2.24) is 0 Å². The molecule has 5 aliphatic carbocycles. The highest BCUT2D eigenvalue weighted by Crippen LogP contribution is 2.56. The molecular formula is C21H20O3S. The van der Waals surface area contributed by atoms with Crippen molar-refractivity contribution in [2.24, 2.45) is 23.7 Å². The molecule has 0 saturated carbocycles. The van der Waals surface area contributed by atoms with Gasteiger partial charge in [-0.05, 0) is 59.5 Å².